The lowest BCUT2D eigenvalue weighted by Crippen LogP contribution is -2.28. The highest BCUT2D eigenvalue weighted by Gasteiger charge is 2.15. The summed E-state index contributed by atoms with van der Waals surface area (Å²) >= 11 is 3.33. The van der Waals surface area contributed by atoms with Crippen LogP contribution in [0.1, 0.15) is 16.8 Å². The van der Waals surface area contributed by atoms with E-state index in [1.54, 1.807) is 6.07 Å². The average Bonchev–Trinajstić information content (AvgIpc) is 2.53. The maximum Gasteiger partial charge on any atom is 0.336 e. The predicted octanol–water partition coefficient (Wildman–Crippen LogP) is 2.29. The van der Waals surface area contributed by atoms with Gasteiger partial charge in [0.15, 0.2) is 0 Å². The van der Waals surface area contributed by atoms with Crippen molar-refractivity contribution in [2.75, 3.05) is 38.1 Å². The zero-order chi connectivity index (χ0) is 13.1. The molecular formula is C13H17BrN2O2. The van der Waals surface area contributed by atoms with Crippen molar-refractivity contribution in [1.29, 1.82) is 0 Å². The molecule has 0 unspecified atom stereocenters. The topological polar surface area (TPSA) is 43.8 Å². The van der Waals surface area contributed by atoms with E-state index in [0.29, 0.717) is 10.0 Å². The van der Waals surface area contributed by atoms with Crippen LogP contribution in [0.15, 0.2) is 22.7 Å². The quantitative estimate of drug-likeness (QED) is 0.910. The number of hydrogen-bond donors (Lipinski definition) is 1. The van der Waals surface area contributed by atoms with Crippen molar-refractivity contribution in [3.63, 3.8) is 0 Å². The number of halogens is 1. The second kappa shape index (κ2) is 5.71. The SMILES string of the molecule is CN1CCCN(c2ccc(C(=O)O)c(Br)c2)CC1. The Hall–Kier alpha value is -1.07. The highest BCUT2D eigenvalue weighted by Crippen LogP contribution is 2.25. The van der Waals surface area contributed by atoms with E-state index in [4.69, 9.17) is 5.11 Å². The second-order valence-corrected chi connectivity index (χ2v) is 5.47. The maximum atomic E-state index is 11.0. The Kier molecular flexibility index (Phi) is 4.24. The fourth-order valence-corrected chi connectivity index (χ4v) is 2.72. The van der Waals surface area contributed by atoms with E-state index in [-0.39, 0.29) is 0 Å². The summed E-state index contributed by atoms with van der Waals surface area (Å²) in [6, 6.07) is 5.45. The molecule has 98 valence electrons. The molecule has 0 aliphatic carbocycles. The van der Waals surface area contributed by atoms with Gasteiger partial charge < -0.3 is 14.9 Å². The molecule has 0 saturated carbocycles. The third kappa shape index (κ3) is 3.03. The van der Waals surface area contributed by atoms with Crippen LogP contribution in [0.3, 0.4) is 0 Å². The molecule has 18 heavy (non-hydrogen) atoms. The van der Waals surface area contributed by atoms with Gasteiger partial charge in [0.05, 0.1) is 5.56 Å². The molecule has 1 fully saturated rings. The number of aromatic carboxylic acids is 1. The Bertz CT molecular complexity index is 451. The smallest absolute Gasteiger partial charge is 0.336 e. The van der Waals surface area contributed by atoms with Gasteiger partial charge in [0.1, 0.15) is 0 Å². The Labute approximate surface area is 115 Å². The van der Waals surface area contributed by atoms with Gasteiger partial charge in [-0.15, -0.1) is 0 Å². The molecule has 1 N–H and O–H groups in total. The molecule has 1 aromatic carbocycles. The molecule has 1 aliphatic rings. The third-order valence-corrected chi connectivity index (χ3v) is 3.92. The maximum absolute atomic E-state index is 11.0. The first-order chi connectivity index (χ1) is 8.58. The van der Waals surface area contributed by atoms with E-state index < -0.39 is 5.97 Å². The van der Waals surface area contributed by atoms with Gasteiger partial charge in [0, 0.05) is 29.8 Å². The summed E-state index contributed by atoms with van der Waals surface area (Å²) in [6.07, 6.45) is 1.13. The Morgan fingerprint density at radius 1 is 1.28 bits per heavy atom. The van der Waals surface area contributed by atoms with Crippen LogP contribution in [-0.2, 0) is 0 Å². The van der Waals surface area contributed by atoms with Crippen LogP contribution in [0.5, 0.6) is 0 Å². The zero-order valence-electron chi connectivity index (χ0n) is 10.4. The van der Waals surface area contributed by atoms with E-state index >= 15 is 0 Å². The van der Waals surface area contributed by atoms with Gasteiger partial charge >= 0.3 is 5.97 Å². The molecule has 4 nitrogen and oxygen atoms in total. The van der Waals surface area contributed by atoms with Crippen molar-refractivity contribution in [3.8, 4) is 0 Å². The monoisotopic (exact) mass is 312 g/mol. The van der Waals surface area contributed by atoms with Crippen LogP contribution in [0, 0.1) is 0 Å². The van der Waals surface area contributed by atoms with Crippen LogP contribution in [0.25, 0.3) is 0 Å². The normalized spacial score (nSPS) is 17.6. The average molecular weight is 313 g/mol. The van der Waals surface area contributed by atoms with Crippen molar-refractivity contribution in [2.45, 2.75) is 6.42 Å². The van der Waals surface area contributed by atoms with Crippen LogP contribution in [0.2, 0.25) is 0 Å². The first-order valence-corrected chi connectivity index (χ1v) is 6.83. The van der Waals surface area contributed by atoms with Crippen LogP contribution in [0.4, 0.5) is 5.69 Å². The van der Waals surface area contributed by atoms with Gasteiger partial charge in [0.25, 0.3) is 0 Å². The summed E-state index contributed by atoms with van der Waals surface area (Å²) in [7, 11) is 2.13. The van der Waals surface area contributed by atoms with Crippen molar-refractivity contribution in [3.05, 3.63) is 28.2 Å². The highest BCUT2D eigenvalue weighted by molar-refractivity contribution is 9.10. The summed E-state index contributed by atoms with van der Waals surface area (Å²) < 4.78 is 0.644. The number of nitrogens with zero attached hydrogens (tertiary/aromatic N) is 2. The summed E-state index contributed by atoms with van der Waals surface area (Å²) in [4.78, 5) is 15.6. The Morgan fingerprint density at radius 2 is 2.06 bits per heavy atom. The summed E-state index contributed by atoms with van der Waals surface area (Å²) in [5.41, 5.74) is 1.40. The minimum atomic E-state index is -0.899. The molecule has 0 radical (unpaired) electrons. The lowest BCUT2D eigenvalue weighted by molar-refractivity contribution is 0.0696. The molecule has 5 heteroatoms. The summed E-state index contributed by atoms with van der Waals surface area (Å²) in [5, 5.41) is 9.00. The molecule has 1 heterocycles. The van der Waals surface area contributed by atoms with Crippen molar-refractivity contribution in [1.82, 2.24) is 4.90 Å². The van der Waals surface area contributed by atoms with E-state index in [1.807, 2.05) is 12.1 Å². The van der Waals surface area contributed by atoms with E-state index in [9.17, 15) is 4.79 Å². The predicted molar refractivity (Wildman–Crippen MR) is 75.4 cm³/mol. The fourth-order valence-electron chi connectivity index (χ4n) is 2.18. The van der Waals surface area contributed by atoms with Gasteiger partial charge in [-0.25, -0.2) is 4.79 Å². The third-order valence-electron chi connectivity index (χ3n) is 3.27. The number of carboxylic acids is 1. The minimum absolute atomic E-state index is 0.311. The lowest BCUT2D eigenvalue weighted by Gasteiger charge is -2.23. The first kappa shape index (κ1) is 13.4. The van der Waals surface area contributed by atoms with Crippen LogP contribution < -0.4 is 4.90 Å². The van der Waals surface area contributed by atoms with Crippen LogP contribution in [-0.4, -0.2) is 49.2 Å². The molecule has 0 aromatic heterocycles. The zero-order valence-corrected chi connectivity index (χ0v) is 12.0. The molecule has 0 spiro atoms. The van der Waals surface area contributed by atoms with Crippen molar-refractivity contribution < 1.29 is 9.90 Å². The standard InChI is InChI=1S/C13H17BrN2O2/c1-15-5-2-6-16(8-7-15)10-3-4-11(13(17)18)12(14)9-10/h3-4,9H,2,5-8H2,1H3,(H,17,18). The van der Waals surface area contributed by atoms with E-state index in [0.717, 1.165) is 38.3 Å². The molecular weight excluding hydrogens is 296 g/mol. The van der Waals surface area contributed by atoms with Crippen molar-refractivity contribution in [2.24, 2.45) is 0 Å². The second-order valence-electron chi connectivity index (χ2n) is 4.61. The van der Waals surface area contributed by atoms with Gasteiger partial charge in [-0.1, -0.05) is 0 Å². The van der Waals surface area contributed by atoms with Gasteiger partial charge in [0.2, 0.25) is 0 Å². The number of anilines is 1. The Morgan fingerprint density at radius 3 is 2.72 bits per heavy atom. The molecule has 2 rings (SSSR count). The molecule has 1 saturated heterocycles. The molecule has 1 aliphatic heterocycles. The summed E-state index contributed by atoms with van der Waals surface area (Å²) in [6.45, 7) is 4.15. The number of hydrogen-bond acceptors (Lipinski definition) is 3. The first-order valence-electron chi connectivity index (χ1n) is 6.04. The number of benzene rings is 1. The molecule has 0 atom stereocenters. The van der Waals surface area contributed by atoms with Crippen molar-refractivity contribution >= 4 is 27.6 Å². The van der Waals surface area contributed by atoms with Crippen LogP contribution >= 0.6 is 15.9 Å². The molecule has 0 amide bonds. The van der Waals surface area contributed by atoms with Gasteiger partial charge in [-0.3, -0.25) is 0 Å². The molecule has 1 aromatic rings. The van der Waals surface area contributed by atoms with E-state index in [1.165, 1.54) is 0 Å². The number of carboxylic acid groups (broad SMARTS) is 1. The highest BCUT2D eigenvalue weighted by atomic mass is 79.9. The van der Waals surface area contributed by atoms with Gasteiger partial charge in [-0.05, 0) is 54.1 Å². The minimum Gasteiger partial charge on any atom is -0.478 e. The molecule has 0 bridgehead atoms. The number of likely N-dealkylation sites (N-methyl/N-ethyl adjacent to an activating group) is 1. The summed E-state index contributed by atoms with van der Waals surface area (Å²) in [5.74, 6) is -0.899. The van der Waals surface area contributed by atoms with Gasteiger partial charge in [-0.2, -0.15) is 0 Å². The number of rotatable bonds is 2. The largest absolute Gasteiger partial charge is 0.478 e. The number of carbonyl (C=O) groups is 1. The fraction of sp³-hybridized carbons (Fsp3) is 0.462. The van der Waals surface area contributed by atoms with E-state index in [2.05, 4.69) is 32.8 Å². The lowest BCUT2D eigenvalue weighted by atomic mass is 10.2. The Balaban J connectivity index is 2.18.